The topological polar surface area (TPSA) is 21.1 Å². The molecule has 2 rings (SSSR count). The molecule has 0 bridgehead atoms. The molecule has 1 saturated heterocycles. The molecule has 0 radical (unpaired) electrons. The SMILES string of the molecule is CC1CN(Cc2cnn(C)c2)C1. The van der Waals surface area contributed by atoms with Gasteiger partial charge in [0, 0.05) is 38.4 Å². The largest absolute Gasteiger partial charge is 0.298 e. The lowest BCUT2D eigenvalue weighted by Crippen LogP contribution is -2.44. The van der Waals surface area contributed by atoms with Crippen molar-refractivity contribution in [3.63, 3.8) is 0 Å². The van der Waals surface area contributed by atoms with E-state index >= 15 is 0 Å². The molecule has 3 nitrogen and oxygen atoms in total. The van der Waals surface area contributed by atoms with Crippen LogP contribution >= 0.6 is 0 Å². The lowest BCUT2D eigenvalue weighted by molar-refractivity contribution is 0.105. The molecule has 0 aromatic carbocycles. The molecule has 0 atom stereocenters. The highest BCUT2D eigenvalue weighted by Gasteiger charge is 2.22. The minimum absolute atomic E-state index is 0.890. The van der Waals surface area contributed by atoms with E-state index in [1.165, 1.54) is 18.7 Å². The van der Waals surface area contributed by atoms with E-state index in [1.54, 1.807) is 0 Å². The van der Waals surface area contributed by atoms with Crippen LogP contribution in [0.4, 0.5) is 0 Å². The molecule has 1 fully saturated rings. The second-order valence-corrected chi connectivity index (χ2v) is 3.82. The summed E-state index contributed by atoms with van der Waals surface area (Å²) in [5.41, 5.74) is 1.32. The monoisotopic (exact) mass is 165 g/mol. The second-order valence-electron chi connectivity index (χ2n) is 3.82. The van der Waals surface area contributed by atoms with Gasteiger partial charge in [0.1, 0.15) is 0 Å². The van der Waals surface area contributed by atoms with Gasteiger partial charge in [0.05, 0.1) is 6.20 Å². The molecule has 0 amide bonds. The van der Waals surface area contributed by atoms with Gasteiger partial charge >= 0.3 is 0 Å². The van der Waals surface area contributed by atoms with E-state index in [9.17, 15) is 0 Å². The van der Waals surface area contributed by atoms with Crippen LogP contribution in [0.3, 0.4) is 0 Å². The maximum Gasteiger partial charge on any atom is 0.0534 e. The number of rotatable bonds is 2. The molecule has 0 unspecified atom stereocenters. The summed E-state index contributed by atoms with van der Waals surface area (Å²) in [7, 11) is 1.96. The fourth-order valence-corrected chi connectivity index (χ4v) is 1.77. The van der Waals surface area contributed by atoms with Gasteiger partial charge in [0.2, 0.25) is 0 Å². The first-order chi connectivity index (χ1) is 5.74. The third-order valence-corrected chi connectivity index (χ3v) is 2.30. The Bertz CT molecular complexity index is 260. The van der Waals surface area contributed by atoms with Gasteiger partial charge in [-0.1, -0.05) is 6.92 Å². The summed E-state index contributed by atoms with van der Waals surface area (Å²) in [5.74, 6) is 0.890. The maximum absolute atomic E-state index is 4.14. The summed E-state index contributed by atoms with van der Waals surface area (Å²) in [6, 6.07) is 0. The fraction of sp³-hybridized carbons (Fsp3) is 0.667. The van der Waals surface area contributed by atoms with Gasteiger partial charge in [-0.15, -0.1) is 0 Å². The highest BCUT2D eigenvalue weighted by molar-refractivity contribution is 5.04. The maximum atomic E-state index is 4.14. The smallest absolute Gasteiger partial charge is 0.0534 e. The predicted octanol–water partition coefficient (Wildman–Crippen LogP) is 0.872. The zero-order valence-corrected chi connectivity index (χ0v) is 7.70. The van der Waals surface area contributed by atoms with Crippen LogP contribution in [0.15, 0.2) is 12.4 Å². The van der Waals surface area contributed by atoms with E-state index in [1.807, 2.05) is 17.9 Å². The third-order valence-electron chi connectivity index (χ3n) is 2.30. The Balaban J connectivity index is 1.88. The van der Waals surface area contributed by atoms with Crippen LogP contribution in [-0.4, -0.2) is 27.8 Å². The Hall–Kier alpha value is -0.830. The van der Waals surface area contributed by atoms with Gasteiger partial charge in [0.25, 0.3) is 0 Å². The lowest BCUT2D eigenvalue weighted by atomic mass is 10.0. The molecule has 0 spiro atoms. The van der Waals surface area contributed by atoms with Gasteiger partial charge in [-0.3, -0.25) is 9.58 Å². The van der Waals surface area contributed by atoms with Gasteiger partial charge in [0.15, 0.2) is 0 Å². The first-order valence-electron chi connectivity index (χ1n) is 4.44. The molecule has 1 aromatic heterocycles. The molecule has 0 saturated carbocycles. The number of nitrogens with zero attached hydrogens (tertiary/aromatic N) is 3. The minimum atomic E-state index is 0.890. The number of hydrogen-bond donors (Lipinski definition) is 0. The van der Waals surface area contributed by atoms with Crippen LogP contribution in [0.2, 0.25) is 0 Å². The molecule has 1 aliphatic heterocycles. The Morgan fingerprint density at radius 1 is 1.58 bits per heavy atom. The molecule has 12 heavy (non-hydrogen) atoms. The number of aromatic nitrogens is 2. The summed E-state index contributed by atoms with van der Waals surface area (Å²) < 4.78 is 1.86. The number of aryl methyl sites for hydroxylation is 1. The first kappa shape index (κ1) is 7.80. The summed E-state index contributed by atoms with van der Waals surface area (Å²) >= 11 is 0. The second kappa shape index (κ2) is 2.90. The molecule has 66 valence electrons. The molecule has 0 N–H and O–H groups in total. The quantitative estimate of drug-likeness (QED) is 0.648. The van der Waals surface area contributed by atoms with Crippen molar-refractivity contribution in [3.05, 3.63) is 18.0 Å². The van der Waals surface area contributed by atoms with Crippen LogP contribution in [0.5, 0.6) is 0 Å². The normalized spacial score (nSPS) is 19.5. The van der Waals surface area contributed by atoms with Crippen molar-refractivity contribution in [2.75, 3.05) is 13.1 Å². The van der Waals surface area contributed by atoms with Crippen LogP contribution in [0.25, 0.3) is 0 Å². The minimum Gasteiger partial charge on any atom is -0.298 e. The summed E-state index contributed by atoms with van der Waals surface area (Å²) in [6.45, 7) is 5.85. The van der Waals surface area contributed by atoms with E-state index in [0.29, 0.717) is 0 Å². The zero-order valence-electron chi connectivity index (χ0n) is 7.70. The van der Waals surface area contributed by atoms with Crippen molar-refractivity contribution in [1.82, 2.24) is 14.7 Å². The van der Waals surface area contributed by atoms with Crippen LogP contribution in [0, 0.1) is 5.92 Å². The average molecular weight is 165 g/mol. The van der Waals surface area contributed by atoms with Crippen molar-refractivity contribution in [1.29, 1.82) is 0 Å². The van der Waals surface area contributed by atoms with E-state index in [-0.39, 0.29) is 0 Å². The summed E-state index contributed by atoms with van der Waals surface area (Å²) in [6.07, 6.45) is 4.03. The number of likely N-dealkylation sites (tertiary alicyclic amines) is 1. The van der Waals surface area contributed by atoms with E-state index < -0.39 is 0 Å². The molecular weight excluding hydrogens is 150 g/mol. The van der Waals surface area contributed by atoms with Crippen LogP contribution in [0.1, 0.15) is 12.5 Å². The van der Waals surface area contributed by atoms with Crippen LogP contribution in [-0.2, 0) is 13.6 Å². The summed E-state index contributed by atoms with van der Waals surface area (Å²) in [5, 5.41) is 4.14. The van der Waals surface area contributed by atoms with E-state index in [4.69, 9.17) is 0 Å². The Morgan fingerprint density at radius 2 is 2.33 bits per heavy atom. The van der Waals surface area contributed by atoms with E-state index in [2.05, 4.69) is 23.1 Å². The molecule has 1 aliphatic rings. The Kier molecular flexibility index (Phi) is 1.89. The average Bonchev–Trinajstić information content (AvgIpc) is 2.33. The van der Waals surface area contributed by atoms with Crippen molar-refractivity contribution < 1.29 is 0 Å². The zero-order chi connectivity index (χ0) is 8.55. The molecule has 0 aliphatic carbocycles. The standard InChI is InChI=1S/C9H15N3/c1-8-4-12(5-8)7-9-3-10-11(2)6-9/h3,6,8H,4-5,7H2,1-2H3. The Labute approximate surface area is 73.0 Å². The third kappa shape index (κ3) is 1.50. The van der Waals surface area contributed by atoms with Crippen molar-refractivity contribution in [2.24, 2.45) is 13.0 Å². The first-order valence-corrected chi connectivity index (χ1v) is 4.44. The summed E-state index contributed by atoms with van der Waals surface area (Å²) in [4.78, 5) is 2.45. The molecule has 3 heteroatoms. The van der Waals surface area contributed by atoms with Gasteiger partial charge in [-0.05, 0) is 5.92 Å². The number of hydrogen-bond acceptors (Lipinski definition) is 2. The Morgan fingerprint density at radius 3 is 2.83 bits per heavy atom. The predicted molar refractivity (Wildman–Crippen MR) is 47.6 cm³/mol. The fourth-order valence-electron chi connectivity index (χ4n) is 1.77. The van der Waals surface area contributed by atoms with Crippen molar-refractivity contribution >= 4 is 0 Å². The highest BCUT2D eigenvalue weighted by atomic mass is 15.2. The highest BCUT2D eigenvalue weighted by Crippen LogP contribution is 2.16. The lowest BCUT2D eigenvalue weighted by Gasteiger charge is -2.36. The van der Waals surface area contributed by atoms with Gasteiger partial charge in [-0.2, -0.15) is 5.10 Å². The molecule has 1 aromatic rings. The van der Waals surface area contributed by atoms with E-state index in [0.717, 1.165) is 12.5 Å². The van der Waals surface area contributed by atoms with Crippen molar-refractivity contribution in [3.8, 4) is 0 Å². The van der Waals surface area contributed by atoms with Crippen molar-refractivity contribution in [2.45, 2.75) is 13.5 Å². The molecular formula is C9H15N3. The van der Waals surface area contributed by atoms with Crippen LogP contribution < -0.4 is 0 Å². The van der Waals surface area contributed by atoms with Gasteiger partial charge in [-0.25, -0.2) is 0 Å². The molecule has 2 heterocycles. The van der Waals surface area contributed by atoms with Gasteiger partial charge < -0.3 is 0 Å².